The van der Waals surface area contributed by atoms with E-state index in [1.165, 1.54) is 0 Å². The Morgan fingerprint density at radius 2 is 2.36 bits per heavy atom. The Morgan fingerprint density at radius 1 is 1.73 bits per heavy atom. The number of carbonyl (C=O) groups excluding carboxylic acids is 1. The van der Waals surface area contributed by atoms with Crippen molar-refractivity contribution in [2.45, 2.75) is 25.9 Å². The van der Waals surface area contributed by atoms with Gasteiger partial charge >= 0.3 is 0 Å². The second kappa shape index (κ2) is 6.61. The van der Waals surface area contributed by atoms with Crippen LogP contribution in [0, 0.1) is 0 Å². The highest BCUT2D eigenvalue weighted by atomic mass is 79.9. The Balaban J connectivity index is 3.29. The molecular weight excluding hydrogens is 210 g/mol. The lowest BCUT2D eigenvalue weighted by Gasteiger charge is -2.08. The van der Waals surface area contributed by atoms with E-state index in [0.717, 1.165) is 12.8 Å². The summed E-state index contributed by atoms with van der Waals surface area (Å²) >= 11 is 3.01. The molecule has 0 aromatic rings. The Bertz CT molecular complexity index is 119. The molecule has 0 saturated heterocycles. The smallest absolute Gasteiger partial charge is 0.230 e. The first-order chi connectivity index (χ1) is 5.20. The van der Waals surface area contributed by atoms with Crippen molar-refractivity contribution in [2.75, 3.05) is 11.9 Å². The molecule has 0 aromatic heterocycles. The number of hydrogen-bond donors (Lipinski definition) is 2. The van der Waals surface area contributed by atoms with Crippen molar-refractivity contribution in [1.82, 2.24) is 5.32 Å². The molecule has 0 fully saturated rings. The third-order valence-electron chi connectivity index (χ3n) is 1.28. The maximum Gasteiger partial charge on any atom is 0.230 e. The summed E-state index contributed by atoms with van der Waals surface area (Å²) in [6.07, 6.45) is 1.27. The van der Waals surface area contributed by atoms with Crippen LogP contribution in [0.5, 0.6) is 0 Å². The third kappa shape index (κ3) is 6.31. The minimum Gasteiger partial charge on any atom is -0.391 e. The number of halogens is 1. The van der Waals surface area contributed by atoms with Crippen molar-refractivity contribution < 1.29 is 9.90 Å². The lowest BCUT2D eigenvalue weighted by Crippen LogP contribution is -2.32. The zero-order chi connectivity index (χ0) is 8.69. The van der Waals surface area contributed by atoms with Crippen LogP contribution < -0.4 is 5.32 Å². The van der Waals surface area contributed by atoms with E-state index < -0.39 is 6.10 Å². The monoisotopic (exact) mass is 223 g/mol. The molecule has 0 aromatic carbocycles. The van der Waals surface area contributed by atoms with E-state index in [-0.39, 0.29) is 5.91 Å². The van der Waals surface area contributed by atoms with Gasteiger partial charge in [-0.05, 0) is 6.42 Å². The van der Waals surface area contributed by atoms with Gasteiger partial charge in [0.05, 0.1) is 11.4 Å². The van der Waals surface area contributed by atoms with E-state index in [1.807, 2.05) is 6.92 Å². The van der Waals surface area contributed by atoms with Gasteiger partial charge < -0.3 is 10.4 Å². The maximum absolute atomic E-state index is 10.7. The summed E-state index contributed by atoms with van der Waals surface area (Å²) < 4.78 is 0. The van der Waals surface area contributed by atoms with Gasteiger partial charge in [-0.25, -0.2) is 0 Å². The molecule has 0 heterocycles. The number of aliphatic hydroxyl groups is 1. The number of aliphatic hydroxyl groups excluding tert-OH is 1. The van der Waals surface area contributed by atoms with Gasteiger partial charge in [0.1, 0.15) is 0 Å². The molecule has 0 aliphatic rings. The van der Waals surface area contributed by atoms with Gasteiger partial charge in [-0.1, -0.05) is 29.3 Å². The van der Waals surface area contributed by atoms with Crippen LogP contribution in [-0.2, 0) is 4.79 Å². The van der Waals surface area contributed by atoms with E-state index >= 15 is 0 Å². The van der Waals surface area contributed by atoms with E-state index in [4.69, 9.17) is 5.11 Å². The molecular formula is C7H14BrNO2. The second-order valence-corrected chi connectivity index (χ2v) is 2.94. The number of hydrogen-bond acceptors (Lipinski definition) is 2. The molecule has 66 valence electrons. The number of carbonyl (C=O) groups is 1. The molecule has 11 heavy (non-hydrogen) atoms. The topological polar surface area (TPSA) is 49.3 Å². The van der Waals surface area contributed by atoms with Gasteiger partial charge in [-0.3, -0.25) is 4.79 Å². The van der Waals surface area contributed by atoms with E-state index in [9.17, 15) is 4.79 Å². The molecule has 3 nitrogen and oxygen atoms in total. The van der Waals surface area contributed by atoms with Gasteiger partial charge in [0, 0.05) is 6.54 Å². The van der Waals surface area contributed by atoms with Crippen LogP contribution in [-0.4, -0.2) is 29.0 Å². The second-order valence-electron chi connectivity index (χ2n) is 2.38. The average molecular weight is 224 g/mol. The molecule has 0 saturated carbocycles. The lowest BCUT2D eigenvalue weighted by molar-refractivity contribution is -0.118. The van der Waals surface area contributed by atoms with Crippen LogP contribution in [0.2, 0.25) is 0 Å². The van der Waals surface area contributed by atoms with Crippen molar-refractivity contribution in [3.05, 3.63) is 0 Å². The number of rotatable bonds is 5. The third-order valence-corrected chi connectivity index (χ3v) is 1.79. The summed E-state index contributed by atoms with van der Waals surface area (Å²) in [6.45, 7) is 2.35. The normalized spacial score (nSPS) is 12.6. The Hall–Kier alpha value is -0.0900. The Morgan fingerprint density at radius 3 is 2.82 bits per heavy atom. The van der Waals surface area contributed by atoms with Crippen LogP contribution in [0.15, 0.2) is 0 Å². The van der Waals surface area contributed by atoms with Crippen molar-refractivity contribution in [3.63, 3.8) is 0 Å². The van der Waals surface area contributed by atoms with Crippen molar-refractivity contribution in [1.29, 1.82) is 0 Å². The number of alkyl halides is 1. The highest BCUT2D eigenvalue weighted by Gasteiger charge is 2.03. The molecule has 0 aliphatic heterocycles. The fourth-order valence-electron chi connectivity index (χ4n) is 0.714. The predicted molar refractivity (Wildman–Crippen MR) is 47.7 cm³/mol. The highest BCUT2D eigenvalue weighted by Crippen LogP contribution is 1.93. The highest BCUT2D eigenvalue weighted by molar-refractivity contribution is 9.09. The summed E-state index contributed by atoms with van der Waals surface area (Å²) in [5.41, 5.74) is 0. The summed E-state index contributed by atoms with van der Waals surface area (Å²) in [4.78, 5) is 10.7. The minimum absolute atomic E-state index is 0.0832. The van der Waals surface area contributed by atoms with Gasteiger partial charge in [-0.15, -0.1) is 0 Å². The number of amides is 1. The molecule has 4 heteroatoms. The van der Waals surface area contributed by atoms with Crippen molar-refractivity contribution in [3.8, 4) is 0 Å². The molecule has 0 rings (SSSR count). The molecule has 1 amide bonds. The molecule has 1 unspecified atom stereocenters. The Labute approximate surface area is 75.3 Å². The molecule has 0 radical (unpaired) electrons. The van der Waals surface area contributed by atoms with Crippen LogP contribution in [0.3, 0.4) is 0 Å². The van der Waals surface area contributed by atoms with E-state index in [0.29, 0.717) is 11.9 Å². The van der Waals surface area contributed by atoms with Crippen molar-refractivity contribution in [2.24, 2.45) is 0 Å². The predicted octanol–water partition coefficient (Wildman–Crippen LogP) is 0.659. The molecule has 0 spiro atoms. The summed E-state index contributed by atoms with van der Waals surface area (Å²) in [7, 11) is 0. The first-order valence-corrected chi connectivity index (χ1v) is 4.83. The minimum atomic E-state index is -0.400. The average Bonchev–Trinajstić information content (AvgIpc) is 2.01. The maximum atomic E-state index is 10.7. The zero-order valence-corrected chi connectivity index (χ0v) is 8.23. The van der Waals surface area contributed by atoms with Crippen LogP contribution in [0.4, 0.5) is 0 Å². The molecule has 2 N–H and O–H groups in total. The van der Waals surface area contributed by atoms with Gasteiger partial charge in [0.15, 0.2) is 0 Å². The van der Waals surface area contributed by atoms with Crippen LogP contribution in [0.1, 0.15) is 19.8 Å². The first kappa shape index (κ1) is 10.9. The largest absolute Gasteiger partial charge is 0.391 e. The summed E-state index contributed by atoms with van der Waals surface area (Å²) in [5, 5.41) is 12.0. The lowest BCUT2D eigenvalue weighted by atomic mass is 10.2. The van der Waals surface area contributed by atoms with Crippen LogP contribution >= 0.6 is 15.9 Å². The first-order valence-electron chi connectivity index (χ1n) is 3.71. The molecule has 0 bridgehead atoms. The standard InChI is InChI=1S/C7H14BrNO2/c1-2-3-6(10)5-9-7(11)4-8/h6,10H,2-5H2,1H3,(H,9,11). The van der Waals surface area contributed by atoms with Gasteiger partial charge in [0.2, 0.25) is 5.91 Å². The van der Waals surface area contributed by atoms with Crippen molar-refractivity contribution >= 4 is 21.8 Å². The fraction of sp³-hybridized carbons (Fsp3) is 0.857. The van der Waals surface area contributed by atoms with Gasteiger partial charge in [0.25, 0.3) is 0 Å². The molecule has 0 aliphatic carbocycles. The summed E-state index contributed by atoms with van der Waals surface area (Å²) in [5.74, 6) is -0.0832. The number of nitrogens with one attached hydrogen (secondary N) is 1. The molecule has 1 atom stereocenters. The van der Waals surface area contributed by atoms with E-state index in [2.05, 4.69) is 21.2 Å². The SMILES string of the molecule is CCCC(O)CNC(=O)CBr. The fourth-order valence-corrected chi connectivity index (χ4v) is 0.912. The van der Waals surface area contributed by atoms with E-state index in [1.54, 1.807) is 0 Å². The zero-order valence-electron chi connectivity index (χ0n) is 6.64. The van der Waals surface area contributed by atoms with Crippen LogP contribution in [0.25, 0.3) is 0 Å². The van der Waals surface area contributed by atoms with Gasteiger partial charge in [-0.2, -0.15) is 0 Å². The Kier molecular flexibility index (Phi) is 6.56. The quantitative estimate of drug-likeness (QED) is 0.674. The summed E-state index contributed by atoms with van der Waals surface area (Å²) in [6, 6.07) is 0.